The Balaban J connectivity index is 1.21. The zero-order chi connectivity index (χ0) is 32.7. The van der Waals surface area contributed by atoms with Crippen LogP contribution >= 0.6 is 0 Å². The van der Waals surface area contributed by atoms with Crippen LogP contribution in [0.1, 0.15) is 60.6 Å². The molecule has 1 spiro atoms. The van der Waals surface area contributed by atoms with E-state index in [1.807, 2.05) is 6.92 Å². The number of urea groups is 1. The molecular formula is C33H35F2N7O5. The number of nitrogens with one attached hydrogen (secondary N) is 2. The van der Waals surface area contributed by atoms with Gasteiger partial charge >= 0.3 is 12.0 Å². The van der Waals surface area contributed by atoms with Gasteiger partial charge in [-0.2, -0.15) is 9.97 Å². The van der Waals surface area contributed by atoms with Gasteiger partial charge in [-0.05, 0) is 61.7 Å². The SMILES string of the molecule is CCc1c(F)ccc2cc(O)cc(N3Cc4nc(OC[C@@]56CCCN5C[C@H](F)C6)nc(N5CCC[C@@]6(C5)NC(=O)NC6=O)c4C3=O)c12. The molecule has 1 aromatic heterocycles. The summed E-state index contributed by atoms with van der Waals surface area (Å²) in [4.78, 5) is 54.3. The lowest BCUT2D eigenvalue weighted by Gasteiger charge is -2.39. The smallest absolute Gasteiger partial charge is 0.322 e. The van der Waals surface area contributed by atoms with Crippen LogP contribution in [0.2, 0.25) is 0 Å². The van der Waals surface area contributed by atoms with Crippen molar-refractivity contribution in [2.75, 3.05) is 42.6 Å². The van der Waals surface area contributed by atoms with E-state index in [1.165, 1.54) is 23.1 Å². The average molecular weight is 648 g/mol. The number of alkyl halides is 1. The number of anilines is 2. The summed E-state index contributed by atoms with van der Waals surface area (Å²) in [5.74, 6) is -1.12. The Kier molecular flexibility index (Phi) is 6.80. The lowest BCUT2D eigenvalue weighted by atomic mass is 9.89. The predicted octanol–water partition coefficient (Wildman–Crippen LogP) is 3.33. The van der Waals surface area contributed by atoms with Crippen LogP contribution in [0.25, 0.3) is 10.8 Å². The second-order valence-corrected chi connectivity index (χ2v) is 13.4. The molecule has 2 aromatic carbocycles. The number of nitrogens with zero attached hydrogens (tertiary/aromatic N) is 5. The number of carbonyl (C=O) groups is 3. The van der Waals surface area contributed by atoms with E-state index in [0.29, 0.717) is 66.5 Å². The average Bonchev–Trinajstić information content (AvgIpc) is 3.75. The quantitative estimate of drug-likeness (QED) is 0.344. The molecule has 0 radical (unpaired) electrons. The van der Waals surface area contributed by atoms with Gasteiger partial charge in [0, 0.05) is 31.0 Å². The number of rotatable bonds is 6. The molecule has 0 bridgehead atoms. The van der Waals surface area contributed by atoms with E-state index < -0.39 is 40.9 Å². The van der Waals surface area contributed by atoms with Crippen molar-refractivity contribution in [1.82, 2.24) is 25.5 Å². The molecule has 3 aromatic rings. The molecule has 4 saturated heterocycles. The second kappa shape index (κ2) is 10.7. The van der Waals surface area contributed by atoms with E-state index in [1.54, 1.807) is 11.0 Å². The monoisotopic (exact) mass is 647 g/mol. The second-order valence-electron chi connectivity index (χ2n) is 13.4. The largest absolute Gasteiger partial charge is 0.508 e. The number of phenolic OH excluding ortho intramolecular Hbond substituents is 1. The molecule has 246 valence electrons. The van der Waals surface area contributed by atoms with Crippen molar-refractivity contribution in [1.29, 1.82) is 0 Å². The van der Waals surface area contributed by atoms with Crippen molar-refractivity contribution >= 4 is 40.1 Å². The van der Waals surface area contributed by atoms with Gasteiger partial charge in [0.25, 0.3) is 11.8 Å². The van der Waals surface area contributed by atoms with Gasteiger partial charge in [0.15, 0.2) is 0 Å². The summed E-state index contributed by atoms with van der Waals surface area (Å²) >= 11 is 0. The summed E-state index contributed by atoms with van der Waals surface area (Å²) in [6.07, 6.45) is 2.48. The lowest BCUT2D eigenvalue weighted by Crippen LogP contribution is -2.59. The maximum Gasteiger partial charge on any atom is 0.322 e. The molecule has 47 heavy (non-hydrogen) atoms. The molecule has 0 saturated carbocycles. The standard InChI is InChI=1S/C33H35F2N7O5/c1-2-21-22(35)6-5-18-11-20(43)12-24(25(18)21)42-15-23-26(28(42)44)27(40-9-4-8-33(16-40)29(45)38-30(46)39-33)37-31(36-23)47-17-32-7-3-10-41(32)14-19(34)13-32/h5-6,11-12,19,43H,2-4,7-10,13-17H2,1H3,(H2,38,39,45,46)/t19-,32+,33+/m1/s1. The highest BCUT2D eigenvalue weighted by molar-refractivity contribution is 6.16. The maximum absolute atomic E-state index is 15.0. The van der Waals surface area contributed by atoms with Crippen molar-refractivity contribution in [3.8, 4) is 11.8 Å². The first-order valence-electron chi connectivity index (χ1n) is 16.2. The Hall–Kier alpha value is -4.59. The molecule has 3 N–H and O–H groups in total. The van der Waals surface area contributed by atoms with Crippen molar-refractivity contribution in [3.05, 3.63) is 46.9 Å². The van der Waals surface area contributed by atoms with Gasteiger partial charge in [-0.1, -0.05) is 13.0 Å². The molecule has 3 atom stereocenters. The van der Waals surface area contributed by atoms with Crippen LogP contribution in [-0.2, 0) is 17.8 Å². The number of ether oxygens (including phenoxy) is 1. The van der Waals surface area contributed by atoms with Crippen LogP contribution in [-0.4, -0.2) is 87.9 Å². The molecular weight excluding hydrogens is 612 g/mol. The lowest BCUT2D eigenvalue weighted by molar-refractivity contribution is -0.124. The minimum Gasteiger partial charge on any atom is -0.508 e. The van der Waals surface area contributed by atoms with Gasteiger partial charge < -0.3 is 25.0 Å². The minimum atomic E-state index is -1.19. The van der Waals surface area contributed by atoms with E-state index in [-0.39, 0.29) is 42.8 Å². The molecule has 5 aliphatic heterocycles. The number of halogens is 2. The zero-order valence-corrected chi connectivity index (χ0v) is 25.9. The van der Waals surface area contributed by atoms with Gasteiger partial charge in [0.1, 0.15) is 41.3 Å². The third-order valence-corrected chi connectivity index (χ3v) is 10.5. The first-order chi connectivity index (χ1) is 22.6. The number of phenols is 1. The van der Waals surface area contributed by atoms with Crippen LogP contribution < -0.4 is 25.2 Å². The maximum atomic E-state index is 15.0. The fraction of sp³-hybridized carbons (Fsp3) is 0.485. The summed E-state index contributed by atoms with van der Waals surface area (Å²) in [5, 5.41) is 16.8. The molecule has 12 nitrogen and oxygen atoms in total. The molecule has 0 aliphatic carbocycles. The predicted molar refractivity (Wildman–Crippen MR) is 167 cm³/mol. The molecule has 0 unspecified atom stereocenters. The first-order valence-corrected chi connectivity index (χ1v) is 16.2. The molecule has 4 amide bonds. The summed E-state index contributed by atoms with van der Waals surface area (Å²) < 4.78 is 35.8. The summed E-state index contributed by atoms with van der Waals surface area (Å²) in [7, 11) is 0. The number of benzene rings is 2. The Bertz CT molecular complexity index is 1860. The van der Waals surface area contributed by atoms with Crippen LogP contribution in [0.4, 0.5) is 25.1 Å². The van der Waals surface area contributed by atoms with Gasteiger partial charge in [-0.3, -0.25) is 19.8 Å². The molecule has 8 rings (SSSR count). The Morgan fingerprint density at radius 2 is 1.96 bits per heavy atom. The summed E-state index contributed by atoms with van der Waals surface area (Å²) in [6.45, 7) is 3.69. The number of aryl methyl sites for hydroxylation is 1. The van der Waals surface area contributed by atoms with E-state index in [9.17, 15) is 23.9 Å². The van der Waals surface area contributed by atoms with E-state index in [0.717, 1.165) is 19.4 Å². The number of aromatic hydroxyl groups is 1. The van der Waals surface area contributed by atoms with Crippen LogP contribution in [0.3, 0.4) is 0 Å². The molecule has 14 heteroatoms. The zero-order valence-electron chi connectivity index (χ0n) is 25.9. The van der Waals surface area contributed by atoms with Gasteiger partial charge in [0.2, 0.25) is 0 Å². The highest BCUT2D eigenvalue weighted by Gasteiger charge is 2.51. The number of amides is 4. The van der Waals surface area contributed by atoms with Gasteiger partial charge in [-0.25, -0.2) is 13.6 Å². The van der Waals surface area contributed by atoms with Gasteiger partial charge in [0.05, 0.1) is 30.0 Å². The number of hydrogen-bond acceptors (Lipinski definition) is 9. The number of aromatic nitrogens is 2. The summed E-state index contributed by atoms with van der Waals surface area (Å²) in [5.41, 5.74) is -0.307. The normalized spacial score (nSPS) is 27.1. The number of imide groups is 1. The van der Waals surface area contributed by atoms with Gasteiger partial charge in [-0.15, -0.1) is 0 Å². The summed E-state index contributed by atoms with van der Waals surface area (Å²) in [6, 6.07) is 5.36. The van der Waals surface area contributed by atoms with E-state index in [2.05, 4.69) is 20.5 Å². The fourth-order valence-electron chi connectivity index (χ4n) is 8.38. The highest BCUT2D eigenvalue weighted by atomic mass is 19.1. The Labute approximate surface area is 269 Å². The topological polar surface area (TPSA) is 140 Å². The number of carbonyl (C=O) groups excluding carboxylic acids is 3. The Morgan fingerprint density at radius 3 is 2.74 bits per heavy atom. The third kappa shape index (κ3) is 4.67. The number of hydrogen-bond donors (Lipinski definition) is 3. The third-order valence-electron chi connectivity index (χ3n) is 10.5. The minimum absolute atomic E-state index is 0.00169. The van der Waals surface area contributed by atoms with Crippen LogP contribution in [0.15, 0.2) is 24.3 Å². The van der Waals surface area contributed by atoms with E-state index >= 15 is 4.39 Å². The van der Waals surface area contributed by atoms with Crippen molar-refractivity contribution in [2.24, 2.45) is 0 Å². The van der Waals surface area contributed by atoms with Crippen molar-refractivity contribution in [2.45, 2.75) is 69.2 Å². The first kappa shape index (κ1) is 29.8. The number of piperidine rings is 1. The molecule has 5 aliphatic rings. The van der Waals surface area contributed by atoms with Crippen LogP contribution in [0.5, 0.6) is 11.8 Å². The molecule has 6 heterocycles. The Morgan fingerprint density at radius 1 is 1.13 bits per heavy atom. The van der Waals surface area contributed by atoms with E-state index in [4.69, 9.17) is 9.72 Å². The fourth-order valence-corrected chi connectivity index (χ4v) is 8.38. The van der Waals surface area contributed by atoms with Crippen LogP contribution in [0, 0.1) is 5.82 Å². The highest BCUT2D eigenvalue weighted by Crippen LogP contribution is 2.43. The van der Waals surface area contributed by atoms with Crippen molar-refractivity contribution in [3.63, 3.8) is 0 Å². The van der Waals surface area contributed by atoms with Crippen molar-refractivity contribution < 1.29 is 33.0 Å². The molecule has 4 fully saturated rings. The number of fused-ring (bicyclic) bond motifs is 3.